The van der Waals surface area contributed by atoms with Crippen molar-refractivity contribution in [2.45, 2.75) is 92.2 Å². The number of hydrogen-bond acceptors (Lipinski definition) is 4. The third-order valence-electron chi connectivity index (χ3n) is 5.60. The van der Waals surface area contributed by atoms with Crippen LogP contribution in [0.2, 0.25) is 0 Å². The fraction of sp³-hybridized carbons (Fsp3) is 0.750. The fourth-order valence-corrected chi connectivity index (χ4v) is 3.58. The van der Waals surface area contributed by atoms with Gasteiger partial charge < -0.3 is 22.9 Å². The molecule has 0 saturated carbocycles. The summed E-state index contributed by atoms with van der Waals surface area (Å²) in [6.07, 6.45) is 10.6. The molecule has 1 aromatic rings. The van der Waals surface area contributed by atoms with E-state index in [0.29, 0.717) is 0 Å². The second-order valence-corrected chi connectivity index (χ2v) is 7.91. The van der Waals surface area contributed by atoms with Crippen LogP contribution >= 0.6 is 0 Å². The zero-order valence-corrected chi connectivity index (χ0v) is 19.4. The van der Waals surface area contributed by atoms with Gasteiger partial charge >= 0.3 is 0 Å². The number of benzene rings is 1. The van der Waals surface area contributed by atoms with Gasteiger partial charge in [0.25, 0.3) is 0 Å². The van der Waals surface area contributed by atoms with Gasteiger partial charge in [-0.15, -0.1) is 0 Å². The normalized spacial score (nSPS) is 12.7. The highest BCUT2D eigenvalue weighted by Gasteiger charge is 2.06. The minimum absolute atomic E-state index is 0. The third kappa shape index (κ3) is 13.3. The molecule has 8 N–H and O–H groups in total. The molecule has 0 bridgehead atoms. The maximum absolute atomic E-state index is 3.68. The van der Waals surface area contributed by atoms with Gasteiger partial charge in [0, 0.05) is 13.1 Å². The van der Waals surface area contributed by atoms with Gasteiger partial charge in [-0.3, -0.25) is 0 Å². The van der Waals surface area contributed by atoms with Crippen molar-refractivity contribution in [3.63, 3.8) is 0 Å². The predicted molar refractivity (Wildman–Crippen MR) is 127 cm³/mol. The average Bonchev–Trinajstić information content (AvgIpc) is 2.67. The van der Waals surface area contributed by atoms with E-state index in [1.165, 1.54) is 62.5 Å². The van der Waals surface area contributed by atoms with Crippen LogP contribution in [-0.2, 0) is 13.1 Å². The van der Waals surface area contributed by atoms with Crippen LogP contribution in [0.15, 0.2) is 24.3 Å². The summed E-state index contributed by atoms with van der Waals surface area (Å²) in [6, 6.07) is 9.07. The Morgan fingerprint density at radius 2 is 1.14 bits per heavy atom. The van der Waals surface area contributed by atoms with Crippen molar-refractivity contribution < 1.29 is 0 Å². The Morgan fingerprint density at radius 1 is 0.714 bits per heavy atom. The molecule has 0 amide bonds. The average molecular weight is 395 g/mol. The summed E-state index contributed by atoms with van der Waals surface area (Å²) in [5.74, 6) is 1.66. The zero-order chi connectivity index (χ0) is 19.0. The molecule has 0 aliphatic carbocycles. The van der Waals surface area contributed by atoms with Crippen molar-refractivity contribution in [3.8, 4) is 0 Å². The molecule has 0 heterocycles. The minimum Gasteiger partial charge on any atom is -0.344 e. The van der Waals surface area contributed by atoms with Crippen LogP contribution < -0.4 is 22.9 Å². The van der Waals surface area contributed by atoms with Crippen molar-refractivity contribution in [1.29, 1.82) is 0 Å². The summed E-state index contributed by atoms with van der Waals surface area (Å²) in [7, 11) is 0. The van der Waals surface area contributed by atoms with E-state index in [9.17, 15) is 0 Å². The van der Waals surface area contributed by atoms with Gasteiger partial charge in [-0.05, 0) is 48.9 Å². The van der Waals surface area contributed by atoms with E-state index in [4.69, 9.17) is 0 Å². The lowest BCUT2D eigenvalue weighted by Crippen LogP contribution is -2.23. The molecule has 0 aliphatic rings. The van der Waals surface area contributed by atoms with Crippen LogP contribution in [0.3, 0.4) is 0 Å². The van der Waals surface area contributed by atoms with Gasteiger partial charge in [-0.1, -0.05) is 90.5 Å². The molecule has 4 nitrogen and oxygen atoms in total. The van der Waals surface area contributed by atoms with Gasteiger partial charge in [0.15, 0.2) is 0 Å². The van der Waals surface area contributed by atoms with E-state index < -0.39 is 0 Å². The monoisotopic (exact) mass is 394 g/mol. The molecule has 0 spiro atoms. The lowest BCUT2D eigenvalue weighted by molar-refractivity contribution is 0.418. The van der Waals surface area contributed by atoms with Gasteiger partial charge in [0.2, 0.25) is 0 Å². The maximum Gasteiger partial charge on any atom is 0.0205 e. The molecule has 2 unspecified atom stereocenters. The molecule has 0 radical (unpaired) electrons. The van der Waals surface area contributed by atoms with E-state index in [2.05, 4.69) is 62.6 Å². The molecular weight excluding hydrogens is 344 g/mol. The second-order valence-electron chi connectivity index (χ2n) is 7.91. The number of rotatable bonds is 16. The predicted octanol–water partition coefficient (Wildman–Crippen LogP) is 6.62. The van der Waals surface area contributed by atoms with Crippen molar-refractivity contribution in [2.75, 3.05) is 13.1 Å². The van der Waals surface area contributed by atoms with Crippen LogP contribution in [0.25, 0.3) is 0 Å². The first-order chi connectivity index (χ1) is 12.7. The van der Waals surface area contributed by atoms with E-state index >= 15 is 0 Å². The molecule has 0 aliphatic heterocycles. The molecule has 1 aromatic carbocycles. The van der Waals surface area contributed by atoms with Crippen molar-refractivity contribution in [3.05, 3.63) is 35.4 Å². The smallest absolute Gasteiger partial charge is 0.0205 e. The topological polar surface area (TPSA) is 94.1 Å². The van der Waals surface area contributed by atoms with Crippen molar-refractivity contribution in [1.82, 2.24) is 22.9 Å². The van der Waals surface area contributed by atoms with E-state index in [-0.39, 0.29) is 12.3 Å². The molecule has 0 saturated heterocycles. The fourth-order valence-electron chi connectivity index (χ4n) is 3.58. The highest BCUT2D eigenvalue weighted by molar-refractivity contribution is 5.23. The van der Waals surface area contributed by atoms with Crippen LogP contribution in [0, 0.1) is 11.8 Å². The van der Waals surface area contributed by atoms with Gasteiger partial charge in [-0.2, -0.15) is 0 Å². The maximum atomic E-state index is 3.68. The first kappa shape index (κ1) is 29.3. The summed E-state index contributed by atoms with van der Waals surface area (Å²) in [4.78, 5) is 0. The highest BCUT2D eigenvalue weighted by atomic mass is 14.9. The second kappa shape index (κ2) is 19.4. The molecule has 1 rings (SSSR count). The summed E-state index contributed by atoms with van der Waals surface area (Å²) in [6.45, 7) is 13.5. The molecular formula is C24H50N4. The summed E-state index contributed by atoms with van der Waals surface area (Å²) in [5.41, 5.74) is 2.82. The van der Waals surface area contributed by atoms with Gasteiger partial charge in [0.1, 0.15) is 0 Å². The Labute approximate surface area is 175 Å². The summed E-state index contributed by atoms with van der Waals surface area (Å²) in [5, 5.41) is 7.35. The lowest BCUT2D eigenvalue weighted by atomic mass is 9.99. The van der Waals surface area contributed by atoms with Crippen LogP contribution in [0.5, 0.6) is 0 Å². The van der Waals surface area contributed by atoms with Crippen LogP contribution in [0.1, 0.15) is 90.2 Å². The number of nitrogens with one attached hydrogen (secondary N) is 2. The van der Waals surface area contributed by atoms with Crippen LogP contribution in [-0.4, -0.2) is 13.1 Å². The molecule has 166 valence electrons. The van der Waals surface area contributed by atoms with Crippen molar-refractivity contribution in [2.24, 2.45) is 11.8 Å². The standard InChI is InChI=1S/C24H44N2.2H3N/c1-5-9-12-21(7-3)17-25-19-23-14-11-15-24(16-23)20-26-18-22(8-4)13-10-6-2;;/h11,14-16,21-22,25-26H,5-10,12-13,17-20H2,1-4H3;2*1H3. The van der Waals surface area contributed by atoms with E-state index in [0.717, 1.165) is 38.0 Å². The quantitative estimate of drug-likeness (QED) is 0.253. The Hall–Kier alpha value is -0.940. The number of hydrogen-bond donors (Lipinski definition) is 4. The van der Waals surface area contributed by atoms with E-state index in [1.54, 1.807) is 0 Å². The molecule has 0 aromatic heterocycles. The largest absolute Gasteiger partial charge is 0.344 e. The van der Waals surface area contributed by atoms with Crippen LogP contribution in [0.4, 0.5) is 0 Å². The van der Waals surface area contributed by atoms with Gasteiger partial charge in [0.05, 0.1) is 0 Å². The van der Waals surface area contributed by atoms with Crippen molar-refractivity contribution >= 4 is 0 Å². The molecule has 4 heteroatoms. The highest BCUT2D eigenvalue weighted by Crippen LogP contribution is 2.13. The van der Waals surface area contributed by atoms with E-state index in [1.807, 2.05) is 0 Å². The van der Waals surface area contributed by atoms with Gasteiger partial charge in [-0.25, -0.2) is 0 Å². The SMILES string of the molecule is CCCCC(CC)CNCc1cccc(CNCC(CC)CCCC)c1.N.N. The molecule has 28 heavy (non-hydrogen) atoms. The summed E-state index contributed by atoms with van der Waals surface area (Å²) >= 11 is 0. The first-order valence-corrected chi connectivity index (χ1v) is 11.2. The lowest BCUT2D eigenvalue weighted by Gasteiger charge is -2.16. The Kier molecular flexibility index (Phi) is 20.3. The Bertz CT molecular complexity index is 413. The third-order valence-corrected chi connectivity index (χ3v) is 5.60. The Balaban J connectivity index is 0. The summed E-state index contributed by atoms with van der Waals surface area (Å²) < 4.78 is 0. The first-order valence-electron chi connectivity index (χ1n) is 11.2. The number of unbranched alkanes of at least 4 members (excludes halogenated alkanes) is 2. The zero-order valence-electron chi connectivity index (χ0n) is 19.4. The molecule has 0 fully saturated rings. The minimum atomic E-state index is 0. The molecule has 2 atom stereocenters. The Morgan fingerprint density at radius 3 is 1.50 bits per heavy atom.